The maximum atomic E-state index is 15.1. The standard InChI is InChI=1S/C84H94N12O12.C19H23N3O2.C8H10O8/c1-81(2,3)57-41-51(45-69(75(57)99)93-85-61-29-13-14-30-62(61)86-93)25-21-37-105-73(97)49-55(79(103)107-39-23-27-53-43-59(83(7,8)9)77(101)71(47-53)95-89-65-33-17-18-34-66(65)90-95)56(80(104)108-40-24-28-54-44-60(84(10,11)12)78(102)72(48-54)96-91-67-35-19-20-36-68(67)92-96)50-74(98)106-38-22-26-52-42-58(82(4,5)6)76(100)70(46-52)94-87-63-31-15-16-32-64(63)88-94;1-19(2,3)14-11-13(7-6-10-23)12-17(18(14)24)22-20-15-8-4-5-9-16(15)21-22;9-5(10)1-3(7(13)14)4(8(15)16)2-6(11)12/h13-20,29-36,41-48,55-56,99-102H,21-28,37-40,49-50H2,1-12H3;4-5,8-9,11-12,23-24H,6-7,10H2,1-3H3;3-4H,1-2H2,(H,9,10)(H,11,12)(H,13,14)(H,15,16). The van der Waals surface area contributed by atoms with Crippen molar-refractivity contribution in [2.24, 2.45) is 23.7 Å². The van der Waals surface area contributed by atoms with Crippen LogP contribution in [0.4, 0.5) is 0 Å². The SMILES string of the molecule is CC(C)(C)c1cc(CCCO)cc(-n2nc3ccccc3n2)c1O.CC(C)(C)c1cc(CCCOC(=O)CC(C(=O)OCCCc2cc(-n3nc4ccccc4n3)c(O)c(C(C)(C)C)c2)C(CC(=O)OCCCc2cc(-n3nc4ccccc4n3)c(O)c(C(C)(C)C)c2)C(=O)OCCCc2cc(-n3nc4ccccc4n3)c(O)c(C(C)(C)C)c2)cc(-n2nc3ccccc3n2)c1O.O=C(O)CC(C(=O)O)C(CC(=O)O)C(=O)O. The summed E-state index contributed by atoms with van der Waals surface area (Å²) in [5.74, 6) is -16.3. The molecule has 4 atom stereocenters. The van der Waals surface area contributed by atoms with Crippen molar-refractivity contribution in [1.29, 1.82) is 0 Å². The molecule has 0 fully saturated rings. The topological polar surface area (TPSA) is 529 Å². The highest BCUT2D eigenvalue weighted by Crippen LogP contribution is 2.44. The lowest BCUT2D eigenvalue weighted by Crippen LogP contribution is -2.37. The minimum absolute atomic E-state index is 0.0184. The van der Waals surface area contributed by atoms with Crippen LogP contribution in [0.2, 0.25) is 0 Å². The largest absolute Gasteiger partial charge is 0.505 e. The summed E-state index contributed by atoms with van der Waals surface area (Å²) in [6.07, 6.45) is 0.765. The lowest BCUT2D eigenvalue weighted by molar-refractivity contribution is -0.167. The summed E-state index contributed by atoms with van der Waals surface area (Å²) in [6, 6.07) is 55.9. The molecule has 0 aliphatic carbocycles. The smallest absolute Gasteiger partial charge is 0.310 e. The van der Waals surface area contributed by atoms with Crippen LogP contribution in [-0.2, 0) is 116 Å². The number of benzene rings is 10. The van der Waals surface area contributed by atoms with Crippen LogP contribution in [0.15, 0.2) is 182 Å². The third-order valence-corrected chi connectivity index (χ3v) is 25.1. The average Bonchev–Trinajstić information content (AvgIpc) is 1.61. The number of hydrogen-bond acceptors (Lipinski definition) is 28. The van der Waals surface area contributed by atoms with Crippen molar-refractivity contribution in [2.45, 2.75) is 221 Å². The van der Waals surface area contributed by atoms with E-state index < -0.39 is 119 Å². The fraction of sp³-hybridized carbons (Fsp3) is 0.387. The molecule has 4 unspecified atom stereocenters. The van der Waals surface area contributed by atoms with Gasteiger partial charge in [-0.25, -0.2) is 0 Å². The molecule has 5 aromatic heterocycles. The molecular weight excluding hydrogens is 1900 g/mol. The Hall–Kier alpha value is -16.1. The normalized spacial score (nSPS) is 12.8. The Labute approximate surface area is 854 Å². The molecule has 15 rings (SSSR count). The number of aliphatic hydroxyl groups is 1. The van der Waals surface area contributed by atoms with Gasteiger partial charge in [0.25, 0.3) is 0 Å². The molecule has 0 saturated heterocycles. The first-order valence-corrected chi connectivity index (χ1v) is 49.1. The van der Waals surface area contributed by atoms with Crippen molar-refractivity contribution in [3.05, 3.63) is 238 Å². The number of rotatable bonds is 38. The first kappa shape index (κ1) is 109. The number of carboxylic acids is 4. The summed E-state index contributed by atoms with van der Waals surface area (Å²) in [4.78, 5) is 108. The number of aliphatic hydroxyl groups excluding tert-OH is 1. The van der Waals surface area contributed by atoms with Gasteiger partial charge in [0, 0.05) is 34.4 Å². The van der Waals surface area contributed by atoms with E-state index in [0.717, 1.165) is 50.8 Å². The van der Waals surface area contributed by atoms with Crippen molar-refractivity contribution < 1.29 is 108 Å². The molecule has 10 N–H and O–H groups in total. The summed E-state index contributed by atoms with van der Waals surface area (Å²) in [7, 11) is 0. The number of hydrogen-bond donors (Lipinski definition) is 10. The lowest BCUT2D eigenvalue weighted by atomic mass is 9.84. The molecule has 0 spiro atoms. The van der Waals surface area contributed by atoms with Gasteiger partial charge in [0.1, 0.15) is 112 Å². The van der Waals surface area contributed by atoms with E-state index in [9.17, 15) is 54.3 Å². The zero-order valence-electron chi connectivity index (χ0n) is 85.6. The number of aromatic nitrogens is 15. The lowest BCUT2D eigenvalue weighted by Gasteiger charge is -2.24. The summed E-state index contributed by atoms with van der Waals surface area (Å²) in [5, 5.41) is 147. The molecule has 37 heteroatoms. The van der Waals surface area contributed by atoms with Gasteiger partial charge in [-0.2, -0.15) is 0 Å². The van der Waals surface area contributed by atoms with Gasteiger partial charge in [-0.1, -0.05) is 195 Å². The fourth-order valence-corrected chi connectivity index (χ4v) is 17.3. The van der Waals surface area contributed by atoms with Crippen LogP contribution in [0, 0.1) is 23.7 Å². The molecule has 0 saturated carbocycles. The monoisotopic (exact) mass is 2020 g/mol. The molecule has 37 nitrogen and oxygen atoms in total. The molecular formula is C111H127N15O22. The number of fused-ring (bicyclic) bond motifs is 5. The van der Waals surface area contributed by atoms with Gasteiger partial charge in [0.15, 0.2) is 0 Å². The maximum absolute atomic E-state index is 15.1. The first-order chi connectivity index (χ1) is 70.0. The predicted molar refractivity (Wildman–Crippen MR) is 552 cm³/mol. The number of carboxylic acid groups (broad SMARTS) is 4. The van der Waals surface area contributed by atoms with Crippen LogP contribution >= 0.6 is 0 Å². The quantitative estimate of drug-likeness (QED) is 0.00976. The summed E-state index contributed by atoms with van der Waals surface area (Å²) >= 11 is 0. The minimum atomic E-state index is -1.76. The molecule has 0 radical (unpaired) electrons. The van der Waals surface area contributed by atoms with E-state index in [2.05, 4.69) is 71.8 Å². The minimum Gasteiger partial charge on any atom is -0.505 e. The number of phenolic OH excluding ortho intramolecular Hbond substituents is 5. The Balaban J connectivity index is 0.000000377. The van der Waals surface area contributed by atoms with Crippen LogP contribution in [-0.4, -0.2) is 207 Å². The zero-order chi connectivity index (χ0) is 107. The number of ether oxygens (including phenoxy) is 4. The van der Waals surface area contributed by atoms with Gasteiger partial charge >= 0.3 is 47.8 Å². The average molecular weight is 2020 g/mol. The van der Waals surface area contributed by atoms with E-state index in [1.807, 2.05) is 241 Å². The Morgan fingerprint density at radius 1 is 0.264 bits per heavy atom. The highest BCUT2D eigenvalue weighted by atomic mass is 16.6. The zero-order valence-corrected chi connectivity index (χ0v) is 85.6. The number of carbonyl (C=O) groups excluding carboxylic acids is 4. The second kappa shape index (κ2) is 46.5. The molecule has 0 amide bonds. The Kier molecular flexibility index (Phi) is 34.3. The van der Waals surface area contributed by atoms with E-state index in [0.29, 0.717) is 140 Å². The number of esters is 4. The molecule has 0 aliphatic heterocycles. The van der Waals surface area contributed by atoms with Crippen LogP contribution < -0.4 is 0 Å². The van der Waals surface area contributed by atoms with E-state index in [4.69, 9.17) is 44.5 Å². The highest BCUT2D eigenvalue weighted by Gasteiger charge is 2.42. The molecule has 15 aromatic rings. The van der Waals surface area contributed by atoms with Gasteiger partial charge in [-0.05, 0) is 210 Å². The Morgan fingerprint density at radius 2 is 0.446 bits per heavy atom. The first-order valence-electron chi connectivity index (χ1n) is 49.1. The van der Waals surface area contributed by atoms with Gasteiger partial charge < -0.3 is 70.0 Å². The summed E-state index contributed by atoms with van der Waals surface area (Å²) in [5.41, 5.74) is 14.3. The molecule has 10 aromatic carbocycles. The van der Waals surface area contributed by atoms with Crippen molar-refractivity contribution in [1.82, 2.24) is 75.0 Å². The molecule has 5 heterocycles. The molecule has 148 heavy (non-hydrogen) atoms. The van der Waals surface area contributed by atoms with Crippen LogP contribution in [0.3, 0.4) is 0 Å². The summed E-state index contributed by atoms with van der Waals surface area (Å²) < 4.78 is 24.0. The third-order valence-electron chi connectivity index (χ3n) is 25.1. The third kappa shape index (κ3) is 27.4. The Bertz CT molecular complexity index is 6860. The number of phenols is 5. The van der Waals surface area contributed by atoms with Crippen molar-refractivity contribution in [3.8, 4) is 57.2 Å². The van der Waals surface area contributed by atoms with Gasteiger partial charge in [0.05, 0.1) is 75.8 Å². The van der Waals surface area contributed by atoms with Gasteiger partial charge in [0.2, 0.25) is 0 Å². The van der Waals surface area contributed by atoms with Crippen LogP contribution in [0.25, 0.3) is 83.6 Å². The van der Waals surface area contributed by atoms with E-state index in [-0.39, 0.29) is 80.0 Å². The van der Waals surface area contributed by atoms with Crippen molar-refractivity contribution in [2.75, 3.05) is 33.0 Å². The Morgan fingerprint density at radius 3 is 0.615 bits per heavy atom. The predicted octanol–water partition coefficient (Wildman–Crippen LogP) is 17.3. The summed E-state index contributed by atoms with van der Waals surface area (Å²) in [6.45, 7) is 29.6. The van der Waals surface area contributed by atoms with E-state index in [1.54, 1.807) is 24.3 Å². The number of aromatic hydroxyl groups is 5. The van der Waals surface area contributed by atoms with Crippen LogP contribution in [0.5, 0.6) is 28.7 Å². The van der Waals surface area contributed by atoms with E-state index in [1.165, 1.54) is 24.0 Å². The number of nitrogens with zero attached hydrogens (tertiary/aromatic N) is 15. The van der Waals surface area contributed by atoms with Crippen molar-refractivity contribution >= 4 is 103 Å². The number of carbonyl (C=O) groups is 8. The fourth-order valence-electron chi connectivity index (χ4n) is 17.3. The molecule has 0 aliphatic rings. The van der Waals surface area contributed by atoms with Crippen LogP contribution in [0.1, 0.15) is 217 Å². The van der Waals surface area contributed by atoms with Crippen molar-refractivity contribution in [3.63, 3.8) is 0 Å². The van der Waals surface area contributed by atoms with Gasteiger partial charge in [-0.3, -0.25) is 38.4 Å². The molecule has 0 bridgehead atoms. The second-order valence-electron chi connectivity index (χ2n) is 41.9. The van der Waals surface area contributed by atoms with Gasteiger partial charge in [-0.15, -0.1) is 75.0 Å². The molecule has 778 valence electrons. The number of aliphatic carboxylic acids is 4. The van der Waals surface area contributed by atoms with E-state index >= 15 is 9.59 Å². The highest BCUT2D eigenvalue weighted by molar-refractivity contribution is 5.90. The second-order valence-corrected chi connectivity index (χ2v) is 41.9. The number of aryl methyl sites for hydroxylation is 5. The maximum Gasteiger partial charge on any atom is 0.310 e.